The second-order valence-electron chi connectivity index (χ2n) is 7.74. The zero-order valence-corrected chi connectivity index (χ0v) is 16.9. The Morgan fingerprint density at radius 1 is 1.28 bits per heavy atom. The van der Waals surface area contributed by atoms with Crippen LogP contribution in [0.25, 0.3) is 10.9 Å². The van der Waals surface area contributed by atoms with E-state index in [0.29, 0.717) is 24.3 Å². The Morgan fingerprint density at radius 3 is 2.86 bits per heavy atom. The number of aromatic amines is 1. The smallest absolute Gasteiger partial charge is 0.349 e. The Hall–Kier alpha value is -2.86. The highest BCUT2D eigenvalue weighted by Gasteiger charge is 2.24. The number of carbonyl (C=O) groups excluding carboxylic acids is 1. The summed E-state index contributed by atoms with van der Waals surface area (Å²) in [6.45, 7) is 3.01. The molecule has 1 aliphatic rings. The monoisotopic (exact) mass is 394 g/mol. The van der Waals surface area contributed by atoms with E-state index in [1.165, 1.54) is 10.9 Å². The van der Waals surface area contributed by atoms with Crippen molar-refractivity contribution < 1.29 is 13.9 Å². The van der Waals surface area contributed by atoms with Gasteiger partial charge in [0.25, 0.3) is 5.91 Å². The van der Waals surface area contributed by atoms with Gasteiger partial charge in [-0.2, -0.15) is 0 Å². The molecule has 1 amide bonds. The molecule has 1 N–H and O–H groups in total. The summed E-state index contributed by atoms with van der Waals surface area (Å²) in [6.07, 6.45) is 5.34. The lowest BCUT2D eigenvalue weighted by Gasteiger charge is -2.21. The molecule has 1 atom stereocenters. The number of amides is 1. The molecule has 1 aliphatic heterocycles. The first-order valence-electron chi connectivity index (χ1n) is 10.1. The van der Waals surface area contributed by atoms with Gasteiger partial charge in [-0.3, -0.25) is 4.79 Å². The molecule has 3 aromatic rings. The van der Waals surface area contributed by atoms with Crippen molar-refractivity contribution in [2.45, 2.75) is 38.7 Å². The predicted octanol–water partition coefficient (Wildman–Crippen LogP) is 3.47. The van der Waals surface area contributed by atoms with Crippen LogP contribution in [0.15, 0.2) is 45.7 Å². The number of aryl methyl sites for hydroxylation is 3. The molecule has 6 heteroatoms. The molecule has 0 bridgehead atoms. The van der Waals surface area contributed by atoms with Crippen LogP contribution in [0.3, 0.4) is 0 Å². The van der Waals surface area contributed by atoms with Crippen molar-refractivity contribution in [1.82, 2.24) is 9.88 Å². The fourth-order valence-corrected chi connectivity index (χ4v) is 4.02. The van der Waals surface area contributed by atoms with Crippen molar-refractivity contribution in [3.8, 4) is 0 Å². The van der Waals surface area contributed by atoms with Crippen molar-refractivity contribution >= 4 is 16.8 Å². The lowest BCUT2D eigenvalue weighted by Crippen LogP contribution is -2.37. The number of likely N-dealkylation sites (N-methyl/N-ethyl adjacent to an activating group) is 1. The molecule has 4 rings (SSSR count). The number of nitrogens with one attached hydrogen (secondary N) is 1. The first kappa shape index (κ1) is 19.5. The van der Waals surface area contributed by atoms with Crippen LogP contribution in [0, 0.1) is 6.92 Å². The average Bonchev–Trinajstić information content (AvgIpc) is 3.35. The molecule has 6 nitrogen and oxygen atoms in total. The number of para-hydroxylation sites is 1. The molecular weight excluding hydrogens is 368 g/mol. The normalized spacial score (nSPS) is 16.4. The fourth-order valence-electron chi connectivity index (χ4n) is 4.02. The summed E-state index contributed by atoms with van der Waals surface area (Å²) in [5, 5.41) is 1.18. The number of hydrogen-bond donors (Lipinski definition) is 1. The van der Waals surface area contributed by atoms with E-state index in [1.807, 2.05) is 30.5 Å². The second kappa shape index (κ2) is 8.25. The van der Waals surface area contributed by atoms with Gasteiger partial charge < -0.3 is 19.0 Å². The van der Waals surface area contributed by atoms with E-state index in [0.717, 1.165) is 31.4 Å². The summed E-state index contributed by atoms with van der Waals surface area (Å²) in [5.74, 6) is 0.283. The number of carbonyl (C=O) groups is 1. The summed E-state index contributed by atoms with van der Waals surface area (Å²) < 4.78 is 11.1. The zero-order valence-electron chi connectivity index (χ0n) is 16.9. The Morgan fingerprint density at radius 2 is 2.10 bits per heavy atom. The number of ether oxygens (including phenoxy) is 1. The SMILES string of the molecule is Cc1cc(CCc2c[nH]c3ccccc23)oc(=O)c1C(=O)N(C)CC1CCCO1. The van der Waals surface area contributed by atoms with Crippen molar-refractivity contribution in [1.29, 1.82) is 0 Å². The molecular formula is C23H26N2O4. The molecule has 3 heterocycles. The topological polar surface area (TPSA) is 75.5 Å². The van der Waals surface area contributed by atoms with Gasteiger partial charge in [0.15, 0.2) is 0 Å². The number of fused-ring (bicyclic) bond motifs is 1. The summed E-state index contributed by atoms with van der Waals surface area (Å²) in [4.78, 5) is 30.2. The fraction of sp³-hybridized carbons (Fsp3) is 0.391. The minimum atomic E-state index is -0.567. The highest BCUT2D eigenvalue weighted by Crippen LogP contribution is 2.20. The van der Waals surface area contributed by atoms with Crippen molar-refractivity contribution in [2.75, 3.05) is 20.2 Å². The van der Waals surface area contributed by atoms with Crippen LogP contribution < -0.4 is 5.63 Å². The van der Waals surface area contributed by atoms with Crippen LogP contribution >= 0.6 is 0 Å². The third kappa shape index (κ3) is 4.12. The van der Waals surface area contributed by atoms with Crippen LogP contribution in [0.4, 0.5) is 0 Å². The van der Waals surface area contributed by atoms with Gasteiger partial charge in [0.1, 0.15) is 11.3 Å². The molecule has 1 aromatic carbocycles. The van der Waals surface area contributed by atoms with Gasteiger partial charge >= 0.3 is 5.63 Å². The first-order valence-corrected chi connectivity index (χ1v) is 10.1. The number of hydrogen-bond acceptors (Lipinski definition) is 4. The van der Waals surface area contributed by atoms with Crippen molar-refractivity contribution in [2.24, 2.45) is 0 Å². The van der Waals surface area contributed by atoms with Gasteiger partial charge in [-0.25, -0.2) is 4.79 Å². The average molecular weight is 394 g/mol. The summed E-state index contributed by atoms with van der Waals surface area (Å²) in [5.41, 5.74) is 2.47. The number of H-pyrrole nitrogens is 1. The van der Waals surface area contributed by atoms with Crippen LogP contribution in [0.5, 0.6) is 0 Å². The van der Waals surface area contributed by atoms with E-state index >= 15 is 0 Å². The van der Waals surface area contributed by atoms with Crippen LogP contribution in [0.1, 0.15) is 40.1 Å². The van der Waals surface area contributed by atoms with Gasteiger partial charge in [-0.05, 0) is 49.4 Å². The second-order valence-corrected chi connectivity index (χ2v) is 7.74. The predicted molar refractivity (Wildman–Crippen MR) is 111 cm³/mol. The Balaban J connectivity index is 1.47. The van der Waals surface area contributed by atoms with Gasteiger partial charge in [0.05, 0.1) is 6.10 Å². The molecule has 0 spiro atoms. The molecule has 0 aliphatic carbocycles. The molecule has 1 unspecified atom stereocenters. The molecule has 1 saturated heterocycles. The van der Waals surface area contributed by atoms with E-state index in [4.69, 9.17) is 9.15 Å². The Bertz CT molecular complexity index is 1080. The Labute approximate surface area is 169 Å². The summed E-state index contributed by atoms with van der Waals surface area (Å²) >= 11 is 0. The van der Waals surface area contributed by atoms with E-state index in [1.54, 1.807) is 18.9 Å². The van der Waals surface area contributed by atoms with Crippen molar-refractivity contribution in [3.63, 3.8) is 0 Å². The number of nitrogens with zero attached hydrogens (tertiary/aromatic N) is 1. The third-order valence-electron chi connectivity index (χ3n) is 5.58. The summed E-state index contributed by atoms with van der Waals surface area (Å²) in [7, 11) is 1.70. The van der Waals surface area contributed by atoms with Gasteiger partial charge in [0, 0.05) is 43.7 Å². The first-order chi connectivity index (χ1) is 14.0. The van der Waals surface area contributed by atoms with Gasteiger partial charge in [0.2, 0.25) is 0 Å². The maximum Gasteiger partial charge on any atom is 0.349 e. The van der Waals surface area contributed by atoms with Crippen molar-refractivity contribution in [3.05, 3.63) is 69.4 Å². The Kier molecular flexibility index (Phi) is 5.53. The minimum Gasteiger partial charge on any atom is -0.427 e. The van der Waals surface area contributed by atoms with Gasteiger partial charge in [-0.1, -0.05) is 18.2 Å². The summed E-state index contributed by atoms with van der Waals surface area (Å²) in [6, 6.07) is 9.93. The molecule has 29 heavy (non-hydrogen) atoms. The molecule has 0 radical (unpaired) electrons. The number of benzene rings is 1. The third-order valence-corrected chi connectivity index (χ3v) is 5.58. The molecule has 152 valence electrons. The van der Waals surface area contributed by atoms with Crippen LogP contribution in [-0.4, -0.2) is 42.1 Å². The maximum absolute atomic E-state index is 12.8. The maximum atomic E-state index is 12.8. The standard InChI is InChI=1S/C23H26N2O4/c1-15-12-17(10-9-16-13-24-20-8-4-3-7-19(16)20)29-23(27)21(15)22(26)25(2)14-18-6-5-11-28-18/h3-4,7-8,12-13,18,24H,5-6,9-11,14H2,1-2H3. The van der Waals surface area contributed by atoms with Crippen LogP contribution in [-0.2, 0) is 17.6 Å². The van der Waals surface area contributed by atoms with E-state index in [9.17, 15) is 9.59 Å². The van der Waals surface area contributed by atoms with Gasteiger partial charge in [-0.15, -0.1) is 0 Å². The zero-order chi connectivity index (χ0) is 20.4. The lowest BCUT2D eigenvalue weighted by atomic mass is 10.0. The highest BCUT2D eigenvalue weighted by molar-refractivity contribution is 5.95. The number of aromatic nitrogens is 1. The lowest BCUT2D eigenvalue weighted by molar-refractivity contribution is 0.0582. The number of rotatable bonds is 6. The van der Waals surface area contributed by atoms with Crippen LogP contribution in [0.2, 0.25) is 0 Å². The molecule has 0 saturated carbocycles. The van der Waals surface area contributed by atoms with E-state index in [2.05, 4.69) is 11.1 Å². The van der Waals surface area contributed by atoms with E-state index < -0.39 is 5.63 Å². The highest BCUT2D eigenvalue weighted by atomic mass is 16.5. The molecule has 1 fully saturated rings. The quantitative estimate of drug-likeness (QED) is 0.695. The largest absolute Gasteiger partial charge is 0.427 e. The molecule has 2 aromatic heterocycles. The van der Waals surface area contributed by atoms with E-state index in [-0.39, 0.29) is 17.6 Å². The minimum absolute atomic E-state index is 0.0479.